The molecule has 0 bridgehead atoms. The summed E-state index contributed by atoms with van der Waals surface area (Å²) < 4.78 is 2.17. The van der Waals surface area contributed by atoms with Gasteiger partial charge in [0.1, 0.15) is 0 Å². The molecule has 2 atom stereocenters. The van der Waals surface area contributed by atoms with E-state index in [9.17, 15) is 0 Å². The molecule has 1 aromatic rings. The van der Waals surface area contributed by atoms with Crippen LogP contribution in [-0.4, -0.2) is 30.7 Å². The lowest BCUT2D eigenvalue weighted by Crippen LogP contribution is -2.41. The van der Waals surface area contributed by atoms with Gasteiger partial charge in [-0.3, -0.25) is 4.99 Å². The molecule has 2 N–H and O–H groups in total. The molecule has 20 heavy (non-hydrogen) atoms. The first-order valence-electron chi connectivity index (χ1n) is 7.83. The summed E-state index contributed by atoms with van der Waals surface area (Å²) in [6, 6.07) is 4.11. The highest BCUT2D eigenvalue weighted by molar-refractivity contribution is 5.79. The van der Waals surface area contributed by atoms with E-state index in [0.717, 1.165) is 37.4 Å². The normalized spacial score (nSPS) is 23.6. The Kier molecular flexibility index (Phi) is 5.96. The van der Waals surface area contributed by atoms with Gasteiger partial charge in [-0.15, -0.1) is 0 Å². The SMILES string of the molecule is CN=C(NCCn1cccc1)NCC1CCCC(C)C1. The molecule has 1 aromatic heterocycles. The number of nitrogens with one attached hydrogen (secondary N) is 2. The minimum absolute atomic E-state index is 0.807. The topological polar surface area (TPSA) is 41.4 Å². The van der Waals surface area contributed by atoms with Gasteiger partial charge in [0.25, 0.3) is 0 Å². The van der Waals surface area contributed by atoms with E-state index in [4.69, 9.17) is 0 Å². The molecule has 1 saturated carbocycles. The molecule has 2 unspecified atom stereocenters. The van der Waals surface area contributed by atoms with E-state index in [2.05, 4.69) is 51.6 Å². The second kappa shape index (κ2) is 7.98. The minimum Gasteiger partial charge on any atom is -0.356 e. The Labute approximate surface area is 122 Å². The van der Waals surface area contributed by atoms with Crippen molar-refractivity contribution in [2.45, 2.75) is 39.2 Å². The van der Waals surface area contributed by atoms with E-state index in [0.29, 0.717) is 0 Å². The second-order valence-corrected chi connectivity index (χ2v) is 5.94. The summed E-state index contributed by atoms with van der Waals surface area (Å²) in [6.07, 6.45) is 9.67. The maximum atomic E-state index is 4.30. The zero-order valence-corrected chi connectivity index (χ0v) is 12.8. The van der Waals surface area contributed by atoms with Gasteiger partial charge in [0.05, 0.1) is 0 Å². The first-order valence-corrected chi connectivity index (χ1v) is 7.83. The number of aromatic nitrogens is 1. The molecule has 1 fully saturated rings. The minimum atomic E-state index is 0.807. The molecule has 0 spiro atoms. The van der Waals surface area contributed by atoms with Crippen LogP contribution in [0.5, 0.6) is 0 Å². The molecule has 1 aliphatic rings. The summed E-state index contributed by atoms with van der Waals surface area (Å²) in [4.78, 5) is 4.30. The van der Waals surface area contributed by atoms with Gasteiger partial charge < -0.3 is 15.2 Å². The van der Waals surface area contributed by atoms with Crippen molar-refractivity contribution in [1.82, 2.24) is 15.2 Å². The van der Waals surface area contributed by atoms with Crippen LogP contribution in [0.2, 0.25) is 0 Å². The van der Waals surface area contributed by atoms with Crippen molar-refractivity contribution < 1.29 is 0 Å². The second-order valence-electron chi connectivity index (χ2n) is 5.94. The number of nitrogens with zero attached hydrogens (tertiary/aromatic N) is 2. The lowest BCUT2D eigenvalue weighted by molar-refractivity contribution is 0.282. The lowest BCUT2D eigenvalue weighted by atomic mass is 9.82. The van der Waals surface area contributed by atoms with Crippen molar-refractivity contribution in [2.24, 2.45) is 16.8 Å². The van der Waals surface area contributed by atoms with Gasteiger partial charge in [0.2, 0.25) is 0 Å². The summed E-state index contributed by atoms with van der Waals surface area (Å²) in [5.74, 6) is 2.62. The van der Waals surface area contributed by atoms with E-state index in [1.165, 1.54) is 25.7 Å². The summed E-state index contributed by atoms with van der Waals surface area (Å²) in [6.45, 7) is 5.29. The zero-order chi connectivity index (χ0) is 14.2. The Morgan fingerprint density at radius 2 is 2.05 bits per heavy atom. The summed E-state index contributed by atoms with van der Waals surface area (Å²) in [5.41, 5.74) is 0. The number of hydrogen-bond acceptors (Lipinski definition) is 1. The van der Waals surface area contributed by atoms with Crippen molar-refractivity contribution >= 4 is 5.96 Å². The quantitative estimate of drug-likeness (QED) is 0.641. The Morgan fingerprint density at radius 1 is 1.25 bits per heavy atom. The Balaban J connectivity index is 1.64. The fourth-order valence-corrected chi connectivity index (χ4v) is 3.03. The van der Waals surface area contributed by atoms with E-state index >= 15 is 0 Å². The lowest BCUT2D eigenvalue weighted by Gasteiger charge is -2.27. The Morgan fingerprint density at radius 3 is 2.75 bits per heavy atom. The van der Waals surface area contributed by atoms with Crippen molar-refractivity contribution in [3.05, 3.63) is 24.5 Å². The van der Waals surface area contributed by atoms with Gasteiger partial charge in [-0.05, 0) is 36.8 Å². The van der Waals surface area contributed by atoms with Crippen LogP contribution >= 0.6 is 0 Å². The molecule has 1 aliphatic carbocycles. The van der Waals surface area contributed by atoms with E-state index < -0.39 is 0 Å². The fraction of sp³-hybridized carbons (Fsp3) is 0.688. The fourth-order valence-electron chi connectivity index (χ4n) is 3.03. The van der Waals surface area contributed by atoms with Gasteiger partial charge in [-0.25, -0.2) is 0 Å². The number of aliphatic imine (C=N–C) groups is 1. The van der Waals surface area contributed by atoms with Crippen molar-refractivity contribution in [3.8, 4) is 0 Å². The van der Waals surface area contributed by atoms with Crippen LogP contribution in [0, 0.1) is 11.8 Å². The summed E-state index contributed by atoms with van der Waals surface area (Å²) >= 11 is 0. The Hall–Kier alpha value is -1.45. The van der Waals surface area contributed by atoms with Crippen molar-refractivity contribution in [2.75, 3.05) is 20.1 Å². The molecule has 0 aromatic carbocycles. The predicted molar refractivity (Wildman–Crippen MR) is 84.9 cm³/mol. The highest BCUT2D eigenvalue weighted by Gasteiger charge is 2.18. The molecule has 112 valence electrons. The average molecular weight is 276 g/mol. The molecular formula is C16H28N4. The highest BCUT2D eigenvalue weighted by Crippen LogP contribution is 2.27. The number of hydrogen-bond donors (Lipinski definition) is 2. The van der Waals surface area contributed by atoms with Gasteiger partial charge >= 0.3 is 0 Å². The molecule has 2 rings (SSSR count). The van der Waals surface area contributed by atoms with Crippen LogP contribution in [-0.2, 0) is 6.54 Å². The number of guanidine groups is 1. The van der Waals surface area contributed by atoms with Crippen LogP contribution < -0.4 is 10.6 Å². The molecule has 0 saturated heterocycles. The van der Waals surface area contributed by atoms with Crippen LogP contribution in [0.25, 0.3) is 0 Å². The molecule has 0 radical (unpaired) electrons. The summed E-state index contributed by atoms with van der Waals surface area (Å²) in [7, 11) is 1.84. The Bertz CT molecular complexity index is 397. The van der Waals surface area contributed by atoms with Crippen LogP contribution in [0.15, 0.2) is 29.5 Å². The van der Waals surface area contributed by atoms with Gasteiger partial charge in [-0.1, -0.05) is 19.8 Å². The van der Waals surface area contributed by atoms with Crippen molar-refractivity contribution in [1.29, 1.82) is 0 Å². The van der Waals surface area contributed by atoms with E-state index in [1.807, 2.05) is 7.05 Å². The molecule has 4 heteroatoms. The van der Waals surface area contributed by atoms with Crippen LogP contribution in [0.3, 0.4) is 0 Å². The largest absolute Gasteiger partial charge is 0.356 e. The number of rotatable bonds is 5. The molecule has 0 amide bonds. The van der Waals surface area contributed by atoms with Crippen molar-refractivity contribution in [3.63, 3.8) is 0 Å². The van der Waals surface area contributed by atoms with Gasteiger partial charge in [-0.2, -0.15) is 0 Å². The predicted octanol–water partition coefficient (Wildman–Crippen LogP) is 2.48. The average Bonchev–Trinajstić information content (AvgIpc) is 2.96. The molecule has 4 nitrogen and oxygen atoms in total. The monoisotopic (exact) mass is 276 g/mol. The third-order valence-corrected chi connectivity index (χ3v) is 4.16. The van der Waals surface area contributed by atoms with E-state index in [1.54, 1.807) is 0 Å². The molecular weight excluding hydrogens is 248 g/mol. The van der Waals surface area contributed by atoms with E-state index in [-0.39, 0.29) is 0 Å². The highest BCUT2D eigenvalue weighted by atomic mass is 15.2. The summed E-state index contributed by atoms with van der Waals surface area (Å²) in [5, 5.41) is 6.85. The standard InChI is InChI=1S/C16H28N4/c1-14-6-5-7-15(12-14)13-19-16(17-2)18-8-11-20-9-3-4-10-20/h3-4,9-10,14-15H,5-8,11-13H2,1-2H3,(H2,17,18,19). The van der Waals surface area contributed by atoms with Crippen LogP contribution in [0.1, 0.15) is 32.6 Å². The first kappa shape index (κ1) is 14.9. The molecule has 1 heterocycles. The maximum absolute atomic E-state index is 4.30. The first-order chi connectivity index (χ1) is 9.78. The van der Waals surface area contributed by atoms with Crippen LogP contribution in [0.4, 0.5) is 0 Å². The smallest absolute Gasteiger partial charge is 0.191 e. The molecule has 0 aliphatic heterocycles. The third kappa shape index (κ3) is 4.91. The maximum Gasteiger partial charge on any atom is 0.191 e. The van der Waals surface area contributed by atoms with Gasteiger partial charge in [0, 0.05) is 39.1 Å². The van der Waals surface area contributed by atoms with Gasteiger partial charge in [0.15, 0.2) is 5.96 Å². The third-order valence-electron chi connectivity index (χ3n) is 4.16. The zero-order valence-electron chi connectivity index (χ0n) is 12.8.